The van der Waals surface area contributed by atoms with Crippen molar-refractivity contribution < 1.29 is 4.74 Å². The molecule has 0 radical (unpaired) electrons. The van der Waals surface area contributed by atoms with Crippen LogP contribution in [0.3, 0.4) is 0 Å². The van der Waals surface area contributed by atoms with Gasteiger partial charge in [0, 0.05) is 12.6 Å². The SMILES string of the molecule is CCOC1(C(Cc2ccc(Cl)c(Cl)c2)NC)CCCCC1. The molecule has 1 aliphatic rings. The molecule has 118 valence electrons. The van der Waals surface area contributed by atoms with Crippen LogP contribution in [0, 0.1) is 0 Å². The zero-order valence-electron chi connectivity index (χ0n) is 12.9. The van der Waals surface area contributed by atoms with Gasteiger partial charge in [0.05, 0.1) is 15.6 Å². The summed E-state index contributed by atoms with van der Waals surface area (Å²) in [4.78, 5) is 0. The molecule has 1 aromatic carbocycles. The lowest BCUT2D eigenvalue weighted by atomic mass is 9.77. The molecule has 1 unspecified atom stereocenters. The Morgan fingerprint density at radius 1 is 1.19 bits per heavy atom. The molecule has 0 spiro atoms. The van der Waals surface area contributed by atoms with E-state index in [1.165, 1.54) is 24.8 Å². The smallest absolute Gasteiger partial charge is 0.0837 e. The van der Waals surface area contributed by atoms with E-state index in [9.17, 15) is 0 Å². The van der Waals surface area contributed by atoms with E-state index in [0.29, 0.717) is 16.1 Å². The number of likely N-dealkylation sites (N-methyl/N-ethyl adjacent to an activating group) is 1. The lowest BCUT2D eigenvalue weighted by Gasteiger charge is -2.43. The molecule has 2 rings (SSSR count). The van der Waals surface area contributed by atoms with Gasteiger partial charge in [0.1, 0.15) is 0 Å². The predicted octanol–water partition coefficient (Wildman–Crippen LogP) is 4.86. The Labute approximate surface area is 138 Å². The summed E-state index contributed by atoms with van der Waals surface area (Å²) in [6.07, 6.45) is 6.99. The Morgan fingerprint density at radius 3 is 2.48 bits per heavy atom. The summed E-state index contributed by atoms with van der Waals surface area (Å²) in [5.41, 5.74) is 1.15. The van der Waals surface area contributed by atoms with Gasteiger partial charge in [0.2, 0.25) is 0 Å². The van der Waals surface area contributed by atoms with Crippen LogP contribution in [0.15, 0.2) is 18.2 Å². The monoisotopic (exact) mass is 329 g/mol. The average molecular weight is 330 g/mol. The molecule has 1 fully saturated rings. The van der Waals surface area contributed by atoms with E-state index in [1.54, 1.807) is 0 Å². The summed E-state index contributed by atoms with van der Waals surface area (Å²) in [5, 5.41) is 4.71. The van der Waals surface area contributed by atoms with Gasteiger partial charge in [0.25, 0.3) is 0 Å². The zero-order chi connectivity index (χ0) is 15.3. The van der Waals surface area contributed by atoms with Gasteiger partial charge in [0.15, 0.2) is 0 Å². The molecule has 2 nitrogen and oxygen atoms in total. The van der Waals surface area contributed by atoms with Crippen molar-refractivity contribution in [1.29, 1.82) is 0 Å². The van der Waals surface area contributed by atoms with Crippen molar-refractivity contribution >= 4 is 23.2 Å². The Morgan fingerprint density at radius 2 is 1.90 bits per heavy atom. The van der Waals surface area contributed by atoms with E-state index >= 15 is 0 Å². The van der Waals surface area contributed by atoms with E-state index in [2.05, 4.69) is 18.3 Å². The normalized spacial score (nSPS) is 19.4. The number of rotatable bonds is 6. The van der Waals surface area contributed by atoms with Crippen LogP contribution in [0.25, 0.3) is 0 Å². The average Bonchev–Trinajstić information content (AvgIpc) is 2.49. The highest BCUT2D eigenvalue weighted by molar-refractivity contribution is 6.42. The number of ether oxygens (including phenoxy) is 1. The Bertz CT molecular complexity index is 453. The second-order valence-corrected chi connectivity index (χ2v) is 6.67. The fraction of sp³-hybridized carbons (Fsp3) is 0.647. The third-order valence-electron chi connectivity index (χ3n) is 4.54. The maximum Gasteiger partial charge on any atom is 0.0837 e. The Hall–Kier alpha value is -0.280. The minimum absolute atomic E-state index is 0.0478. The van der Waals surface area contributed by atoms with E-state index in [1.807, 2.05) is 19.2 Å². The second kappa shape index (κ2) is 7.82. The van der Waals surface area contributed by atoms with Crippen LogP contribution in [-0.4, -0.2) is 25.3 Å². The Balaban J connectivity index is 2.17. The van der Waals surface area contributed by atoms with Gasteiger partial charge in [-0.2, -0.15) is 0 Å². The molecule has 0 heterocycles. The first kappa shape index (κ1) is 17.1. The van der Waals surface area contributed by atoms with Crippen molar-refractivity contribution in [1.82, 2.24) is 5.32 Å². The fourth-order valence-corrected chi connectivity index (χ4v) is 3.81. The lowest BCUT2D eigenvalue weighted by molar-refractivity contribution is -0.0883. The van der Waals surface area contributed by atoms with Crippen molar-refractivity contribution in [3.05, 3.63) is 33.8 Å². The highest BCUT2D eigenvalue weighted by Crippen LogP contribution is 2.36. The minimum Gasteiger partial charge on any atom is -0.374 e. The van der Waals surface area contributed by atoms with Crippen LogP contribution < -0.4 is 5.32 Å². The van der Waals surface area contributed by atoms with Gasteiger partial charge < -0.3 is 10.1 Å². The van der Waals surface area contributed by atoms with Gasteiger partial charge in [-0.05, 0) is 50.9 Å². The summed E-state index contributed by atoms with van der Waals surface area (Å²) < 4.78 is 6.23. The van der Waals surface area contributed by atoms with Gasteiger partial charge in [-0.1, -0.05) is 48.5 Å². The van der Waals surface area contributed by atoms with Crippen molar-refractivity contribution in [3.63, 3.8) is 0 Å². The summed E-state index contributed by atoms with van der Waals surface area (Å²) >= 11 is 12.1. The molecule has 1 aliphatic carbocycles. The number of hydrogen-bond donors (Lipinski definition) is 1. The second-order valence-electron chi connectivity index (χ2n) is 5.85. The van der Waals surface area contributed by atoms with E-state index < -0.39 is 0 Å². The molecular weight excluding hydrogens is 305 g/mol. The van der Waals surface area contributed by atoms with Crippen molar-refractivity contribution in [2.75, 3.05) is 13.7 Å². The molecule has 4 heteroatoms. The number of nitrogens with one attached hydrogen (secondary N) is 1. The van der Waals surface area contributed by atoms with Gasteiger partial charge in [-0.25, -0.2) is 0 Å². The summed E-state index contributed by atoms with van der Waals surface area (Å²) in [6.45, 7) is 2.85. The van der Waals surface area contributed by atoms with Gasteiger partial charge >= 0.3 is 0 Å². The molecule has 0 amide bonds. The molecule has 1 N–H and O–H groups in total. The summed E-state index contributed by atoms with van der Waals surface area (Å²) in [6, 6.07) is 6.20. The topological polar surface area (TPSA) is 21.3 Å². The van der Waals surface area contributed by atoms with Crippen LogP contribution >= 0.6 is 23.2 Å². The highest BCUT2D eigenvalue weighted by atomic mass is 35.5. The van der Waals surface area contributed by atoms with Gasteiger partial charge in [-0.3, -0.25) is 0 Å². The minimum atomic E-state index is -0.0478. The van der Waals surface area contributed by atoms with Crippen molar-refractivity contribution in [2.24, 2.45) is 0 Å². The van der Waals surface area contributed by atoms with Crippen LogP contribution in [0.1, 0.15) is 44.6 Å². The fourth-order valence-electron chi connectivity index (χ4n) is 3.48. The molecule has 1 aromatic rings. The first-order valence-corrected chi connectivity index (χ1v) is 8.62. The Kier molecular flexibility index (Phi) is 6.36. The van der Waals surface area contributed by atoms with Crippen LogP contribution in [0.4, 0.5) is 0 Å². The maximum atomic E-state index is 6.23. The summed E-state index contributed by atoms with van der Waals surface area (Å²) in [7, 11) is 2.03. The number of benzene rings is 1. The molecule has 0 aliphatic heterocycles. The predicted molar refractivity (Wildman–Crippen MR) is 90.5 cm³/mol. The largest absolute Gasteiger partial charge is 0.374 e. The first-order chi connectivity index (χ1) is 10.1. The van der Waals surface area contributed by atoms with Crippen LogP contribution in [0.2, 0.25) is 10.0 Å². The van der Waals surface area contributed by atoms with Crippen molar-refractivity contribution in [3.8, 4) is 0 Å². The number of halogens is 2. The lowest BCUT2D eigenvalue weighted by Crippen LogP contribution is -2.53. The molecule has 0 bridgehead atoms. The van der Waals surface area contributed by atoms with E-state index in [0.717, 1.165) is 25.9 Å². The maximum absolute atomic E-state index is 6.23. The molecule has 1 saturated carbocycles. The van der Waals surface area contributed by atoms with Gasteiger partial charge in [-0.15, -0.1) is 0 Å². The molecule has 0 saturated heterocycles. The zero-order valence-corrected chi connectivity index (χ0v) is 14.4. The van der Waals surface area contributed by atoms with Crippen LogP contribution in [-0.2, 0) is 11.2 Å². The third-order valence-corrected chi connectivity index (χ3v) is 5.28. The quantitative estimate of drug-likeness (QED) is 0.804. The van der Waals surface area contributed by atoms with E-state index in [-0.39, 0.29) is 5.60 Å². The highest BCUT2D eigenvalue weighted by Gasteiger charge is 2.39. The molecule has 21 heavy (non-hydrogen) atoms. The first-order valence-electron chi connectivity index (χ1n) is 7.86. The summed E-state index contributed by atoms with van der Waals surface area (Å²) in [5.74, 6) is 0. The standard InChI is InChI=1S/C17H25Cl2NO/c1-3-21-17(9-5-4-6-10-17)16(20-2)12-13-7-8-14(18)15(19)11-13/h7-8,11,16,20H,3-6,9-10,12H2,1-2H3. The molecule has 1 atom stereocenters. The van der Waals surface area contributed by atoms with Crippen LogP contribution in [0.5, 0.6) is 0 Å². The molecular formula is C17H25Cl2NO. The molecule has 0 aromatic heterocycles. The van der Waals surface area contributed by atoms with Crippen molar-refractivity contribution in [2.45, 2.75) is 57.1 Å². The third kappa shape index (κ3) is 4.13. The number of hydrogen-bond acceptors (Lipinski definition) is 2. The van der Waals surface area contributed by atoms with E-state index in [4.69, 9.17) is 27.9 Å².